The van der Waals surface area contributed by atoms with Gasteiger partial charge in [-0.05, 0) is 12.1 Å². The van der Waals surface area contributed by atoms with Crippen molar-refractivity contribution in [2.75, 3.05) is 6.54 Å². The van der Waals surface area contributed by atoms with Gasteiger partial charge >= 0.3 is 0 Å². The van der Waals surface area contributed by atoms with Crippen LogP contribution in [0.3, 0.4) is 0 Å². The van der Waals surface area contributed by atoms with E-state index in [1.54, 1.807) is 18.3 Å². The summed E-state index contributed by atoms with van der Waals surface area (Å²) < 4.78 is 0. The van der Waals surface area contributed by atoms with Crippen molar-refractivity contribution in [2.45, 2.75) is 6.04 Å². The Morgan fingerprint density at radius 2 is 2.42 bits per heavy atom. The molecule has 0 aliphatic heterocycles. The lowest BCUT2D eigenvalue weighted by atomic mass is 10.1. The van der Waals surface area contributed by atoms with Crippen LogP contribution in [0.2, 0.25) is 0 Å². The molecule has 0 spiro atoms. The van der Waals surface area contributed by atoms with E-state index in [1.165, 1.54) is 0 Å². The van der Waals surface area contributed by atoms with Crippen LogP contribution in [0.1, 0.15) is 17.3 Å². The first-order chi connectivity index (χ1) is 5.77. The van der Waals surface area contributed by atoms with Gasteiger partial charge in [0.25, 0.3) is 0 Å². The van der Waals surface area contributed by atoms with Crippen LogP contribution in [-0.2, 0) is 0 Å². The normalized spacial score (nSPS) is 12.1. The van der Waals surface area contributed by atoms with Crippen LogP contribution in [0.25, 0.3) is 0 Å². The van der Waals surface area contributed by atoms with E-state index in [4.69, 9.17) is 17.9 Å². The predicted molar refractivity (Wildman–Crippen MR) is 48.2 cm³/mol. The van der Waals surface area contributed by atoms with Gasteiger partial charge in [-0.15, -0.1) is 6.42 Å². The minimum Gasteiger partial charge on any atom is -0.329 e. The second-order valence-electron chi connectivity index (χ2n) is 2.46. The summed E-state index contributed by atoms with van der Waals surface area (Å²) in [5.41, 5.74) is 12.6. The van der Waals surface area contributed by atoms with Crippen LogP contribution >= 0.6 is 0 Å². The molecule has 0 aliphatic rings. The third kappa shape index (κ3) is 1.82. The summed E-state index contributed by atoms with van der Waals surface area (Å²) in [6, 6.07) is 3.31. The van der Waals surface area contributed by atoms with Crippen molar-refractivity contribution in [2.24, 2.45) is 11.5 Å². The molecule has 3 heteroatoms. The molecule has 1 aromatic heterocycles. The monoisotopic (exact) mass is 161 g/mol. The maximum atomic E-state index is 5.66. The lowest BCUT2D eigenvalue weighted by Gasteiger charge is -2.07. The zero-order valence-corrected chi connectivity index (χ0v) is 6.70. The highest BCUT2D eigenvalue weighted by molar-refractivity contribution is 5.32. The second-order valence-corrected chi connectivity index (χ2v) is 2.46. The van der Waals surface area contributed by atoms with E-state index in [0.29, 0.717) is 6.54 Å². The Labute approximate surface area is 71.8 Å². The summed E-state index contributed by atoms with van der Waals surface area (Å²) in [5, 5.41) is 0. The third-order valence-electron chi connectivity index (χ3n) is 1.58. The van der Waals surface area contributed by atoms with Crippen molar-refractivity contribution in [3.8, 4) is 12.3 Å². The highest BCUT2D eigenvalue weighted by Crippen LogP contribution is 2.06. The molecule has 12 heavy (non-hydrogen) atoms. The van der Waals surface area contributed by atoms with Crippen molar-refractivity contribution in [3.05, 3.63) is 29.6 Å². The van der Waals surface area contributed by atoms with Gasteiger partial charge in [-0.1, -0.05) is 5.92 Å². The SMILES string of the molecule is C#Cc1ccnc([C@H](N)CN)c1. The molecule has 0 radical (unpaired) electrons. The van der Waals surface area contributed by atoms with Gasteiger partial charge in [0.1, 0.15) is 0 Å². The molecule has 0 saturated carbocycles. The van der Waals surface area contributed by atoms with E-state index in [1.807, 2.05) is 0 Å². The van der Waals surface area contributed by atoms with Crippen molar-refractivity contribution >= 4 is 0 Å². The Kier molecular flexibility index (Phi) is 2.81. The Hall–Kier alpha value is -1.37. The van der Waals surface area contributed by atoms with E-state index in [2.05, 4.69) is 10.9 Å². The first-order valence-corrected chi connectivity index (χ1v) is 3.66. The molecule has 0 amide bonds. The van der Waals surface area contributed by atoms with Gasteiger partial charge in [-0.2, -0.15) is 0 Å². The molecule has 0 aliphatic carbocycles. The number of rotatable bonds is 2. The molecule has 0 bridgehead atoms. The lowest BCUT2D eigenvalue weighted by Crippen LogP contribution is -2.21. The maximum Gasteiger partial charge on any atom is 0.0596 e. The van der Waals surface area contributed by atoms with Crippen molar-refractivity contribution in [1.29, 1.82) is 0 Å². The molecular formula is C9H11N3. The molecule has 1 heterocycles. The smallest absolute Gasteiger partial charge is 0.0596 e. The third-order valence-corrected chi connectivity index (χ3v) is 1.58. The van der Waals surface area contributed by atoms with E-state index >= 15 is 0 Å². The fourth-order valence-corrected chi connectivity index (χ4v) is 0.862. The molecule has 1 aromatic rings. The minimum atomic E-state index is -0.224. The summed E-state index contributed by atoms with van der Waals surface area (Å²) >= 11 is 0. The molecule has 0 saturated heterocycles. The number of hydrogen-bond acceptors (Lipinski definition) is 3. The van der Waals surface area contributed by atoms with E-state index in [9.17, 15) is 0 Å². The maximum absolute atomic E-state index is 5.66. The van der Waals surface area contributed by atoms with Crippen molar-refractivity contribution < 1.29 is 0 Å². The summed E-state index contributed by atoms with van der Waals surface area (Å²) in [6.07, 6.45) is 6.85. The zero-order chi connectivity index (χ0) is 8.97. The first-order valence-electron chi connectivity index (χ1n) is 3.66. The van der Waals surface area contributed by atoms with Gasteiger partial charge in [0.15, 0.2) is 0 Å². The Bertz CT molecular complexity index is 301. The van der Waals surface area contributed by atoms with Gasteiger partial charge in [0, 0.05) is 18.3 Å². The molecule has 4 N–H and O–H groups in total. The lowest BCUT2D eigenvalue weighted by molar-refractivity contribution is 0.711. The number of hydrogen-bond donors (Lipinski definition) is 2. The molecular weight excluding hydrogens is 150 g/mol. The molecule has 3 nitrogen and oxygen atoms in total. The first kappa shape index (κ1) is 8.72. The molecule has 62 valence electrons. The van der Waals surface area contributed by atoms with Gasteiger partial charge in [0.2, 0.25) is 0 Å². The average Bonchev–Trinajstić information content (AvgIpc) is 2.17. The standard InChI is InChI=1S/C9H11N3/c1-2-7-3-4-12-9(5-7)8(11)6-10/h1,3-5,8H,6,10-11H2/t8-/m1/s1. The van der Waals surface area contributed by atoms with Crippen molar-refractivity contribution in [1.82, 2.24) is 4.98 Å². The summed E-state index contributed by atoms with van der Waals surface area (Å²) in [6.45, 7) is 0.376. The fraction of sp³-hybridized carbons (Fsp3) is 0.222. The van der Waals surface area contributed by atoms with Gasteiger partial charge in [0.05, 0.1) is 11.7 Å². The number of pyridine rings is 1. The van der Waals surface area contributed by atoms with Crippen LogP contribution in [0, 0.1) is 12.3 Å². The van der Waals surface area contributed by atoms with Crippen LogP contribution in [0.15, 0.2) is 18.3 Å². The largest absolute Gasteiger partial charge is 0.329 e. The second kappa shape index (κ2) is 3.86. The molecule has 1 rings (SSSR count). The van der Waals surface area contributed by atoms with Gasteiger partial charge in [-0.3, -0.25) is 4.98 Å². The quantitative estimate of drug-likeness (QED) is 0.601. The van der Waals surface area contributed by atoms with Gasteiger partial charge < -0.3 is 11.5 Å². The van der Waals surface area contributed by atoms with E-state index in [0.717, 1.165) is 11.3 Å². The van der Waals surface area contributed by atoms with Crippen molar-refractivity contribution in [3.63, 3.8) is 0 Å². The van der Waals surface area contributed by atoms with E-state index < -0.39 is 0 Å². The summed E-state index contributed by atoms with van der Waals surface area (Å²) in [7, 11) is 0. The number of nitrogens with zero attached hydrogens (tertiary/aromatic N) is 1. The van der Waals surface area contributed by atoms with Crippen LogP contribution in [0.5, 0.6) is 0 Å². The molecule has 0 unspecified atom stereocenters. The highest BCUT2D eigenvalue weighted by Gasteiger charge is 2.04. The highest BCUT2D eigenvalue weighted by atomic mass is 14.8. The topological polar surface area (TPSA) is 64.9 Å². The van der Waals surface area contributed by atoms with Gasteiger partial charge in [-0.25, -0.2) is 0 Å². The van der Waals surface area contributed by atoms with Crippen LogP contribution in [-0.4, -0.2) is 11.5 Å². The Morgan fingerprint density at radius 1 is 1.67 bits per heavy atom. The Balaban J connectivity index is 2.95. The van der Waals surface area contributed by atoms with E-state index in [-0.39, 0.29) is 6.04 Å². The Morgan fingerprint density at radius 3 is 3.00 bits per heavy atom. The minimum absolute atomic E-state index is 0.224. The number of terminal acetylenes is 1. The molecule has 0 fully saturated rings. The molecule has 0 aromatic carbocycles. The summed E-state index contributed by atoms with van der Waals surface area (Å²) in [5.74, 6) is 2.51. The average molecular weight is 161 g/mol. The zero-order valence-electron chi connectivity index (χ0n) is 6.70. The summed E-state index contributed by atoms with van der Waals surface area (Å²) in [4.78, 5) is 4.06. The van der Waals surface area contributed by atoms with Crippen LogP contribution < -0.4 is 11.5 Å². The molecule has 1 atom stereocenters. The number of nitrogens with two attached hydrogens (primary N) is 2. The number of aromatic nitrogens is 1. The predicted octanol–water partition coefficient (Wildman–Crippen LogP) is 0.0214. The fourth-order valence-electron chi connectivity index (χ4n) is 0.862. The van der Waals surface area contributed by atoms with Crippen LogP contribution in [0.4, 0.5) is 0 Å².